The lowest BCUT2D eigenvalue weighted by Crippen LogP contribution is -2.22. The molecule has 0 unspecified atom stereocenters. The van der Waals surface area contributed by atoms with Gasteiger partial charge in [0.25, 0.3) is 5.69 Å². The van der Waals surface area contributed by atoms with Gasteiger partial charge in [0.1, 0.15) is 11.6 Å². The van der Waals surface area contributed by atoms with Gasteiger partial charge in [0.05, 0.1) is 11.5 Å². The highest BCUT2D eigenvalue weighted by Gasteiger charge is 2.16. The molecular weight excluding hydrogens is 298 g/mol. The van der Waals surface area contributed by atoms with E-state index in [0.29, 0.717) is 18.7 Å². The van der Waals surface area contributed by atoms with Gasteiger partial charge < -0.3 is 9.64 Å². The number of ether oxygens (including phenoxy) is 1. The Balaban J connectivity index is 3.45. The second kappa shape index (κ2) is 8.54. The maximum absolute atomic E-state index is 11.8. The van der Waals surface area contributed by atoms with E-state index in [0.717, 1.165) is 5.69 Å². The molecule has 0 aliphatic heterocycles. The Morgan fingerprint density at radius 1 is 1.39 bits per heavy atom. The van der Waals surface area contributed by atoms with Gasteiger partial charge in [-0.05, 0) is 32.9 Å². The van der Waals surface area contributed by atoms with Gasteiger partial charge in [0.2, 0.25) is 0 Å². The third-order valence-corrected chi connectivity index (χ3v) is 3.24. The fourth-order valence-corrected chi connectivity index (χ4v) is 2.12. The van der Waals surface area contributed by atoms with Gasteiger partial charge in [-0.2, -0.15) is 5.26 Å². The summed E-state index contributed by atoms with van der Waals surface area (Å²) in [5.74, 6) is -0.744. The molecule has 0 radical (unpaired) electrons. The summed E-state index contributed by atoms with van der Waals surface area (Å²) >= 11 is 0. The first-order chi connectivity index (χ1) is 11.0. The lowest BCUT2D eigenvalue weighted by atomic mass is 10.1. The number of carbonyl (C=O) groups is 1. The van der Waals surface area contributed by atoms with E-state index in [1.807, 2.05) is 18.7 Å². The Hall–Kier alpha value is -2.88. The molecule has 0 spiro atoms. The Kier molecular flexibility index (Phi) is 6.74. The van der Waals surface area contributed by atoms with Crippen LogP contribution in [-0.2, 0) is 9.53 Å². The van der Waals surface area contributed by atoms with Gasteiger partial charge in [0.15, 0.2) is 0 Å². The van der Waals surface area contributed by atoms with Crippen molar-refractivity contribution >= 4 is 23.4 Å². The van der Waals surface area contributed by atoms with Crippen LogP contribution in [0.25, 0.3) is 6.08 Å². The molecule has 0 saturated carbocycles. The van der Waals surface area contributed by atoms with Crippen LogP contribution in [0.3, 0.4) is 0 Å². The van der Waals surface area contributed by atoms with E-state index in [4.69, 9.17) is 10.00 Å². The number of benzene rings is 1. The van der Waals surface area contributed by atoms with E-state index in [1.54, 1.807) is 19.1 Å². The average Bonchev–Trinajstić information content (AvgIpc) is 2.54. The number of hydrogen-bond acceptors (Lipinski definition) is 6. The lowest BCUT2D eigenvalue weighted by molar-refractivity contribution is -0.384. The molecule has 0 N–H and O–H groups in total. The van der Waals surface area contributed by atoms with E-state index in [9.17, 15) is 14.9 Å². The first-order valence-corrected chi connectivity index (χ1v) is 7.30. The van der Waals surface area contributed by atoms with E-state index in [1.165, 1.54) is 18.2 Å². The minimum Gasteiger partial charge on any atom is -0.462 e. The number of hydrogen-bond donors (Lipinski definition) is 0. The summed E-state index contributed by atoms with van der Waals surface area (Å²) in [6.45, 7) is 7.08. The minimum absolute atomic E-state index is 0.103. The Labute approximate surface area is 134 Å². The fourth-order valence-electron chi connectivity index (χ4n) is 2.12. The minimum atomic E-state index is -0.744. The molecule has 0 fully saturated rings. The normalized spacial score (nSPS) is 10.8. The first-order valence-electron chi connectivity index (χ1n) is 7.30. The van der Waals surface area contributed by atoms with E-state index >= 15 is 0 Å². The second-order valence-electron chi connectivity index (χ2n) is 4.56. The van der Waals surface area contributed by atoms with Crippen LogP contribution in [0.1, 0.15) is 26.3 Å². The number of nitrogens with zero attached hydrogens (tertiary/aromatic N) is 3. The number of nitro groups is 1. The number of nitro benzene ring substituents is 1. The number of esters is 1. The molecule has 1 rings (SSSR count). The molecule has 0 bridgehead atoms. The number of anilines is 1. The molecular formula is C16H19N3O4. The molecule has 0 saturated heterocycles. The Bertz CT molecular complexity index is 658. The van der Waals surface area contributed by atoms with Crippen molar-refractivity contribution in [1.82, 2.24) is 0 Å². The number of carbonyl (C=O) groups excluding carboxylic acids is 1. The molecule has 0 aromatic heterocycles. The van der Waals surface area contributed by atoms with Crippen molar-refractivity contribution in [2.75, 3.05) is 24.6 Å². The molecule has 0 aliphatic carbocycles. The zero-order valence-electron chi connectivity index (χ0n) is 13.4. The zero-order chi connectivity index (χ0) is 17.4. The summed E-state index contributed by atoms with van der Waals surface area (Å²) in [7, 11) is 0. The van der Waals surface area contributed by atoms with Gasteiger partial charge in [-0.3, -0.25) is 10.1 Å². The van der Waals surface area contributed by atoms with Gasteiger partial charge in [-0.1, -0.05) is 0 Å². The van der Waals surface area contributed by atoms with Crippen molar-refractivity contribution in [2.24, 2.45) is 0 Å². The topological polar surface area (TPSA) is 96.5 Å². The highest BCUT2D eigenvalue weighted by molar-refractivity contribution is 5.98. The van der Waals surface area contributed by atoms with Crippen LogP contribution in [0.2, 0.25) is 0 Å². The van der Waals surface area contributed by atoms with E-state index in [2.05, 4.69) is 0 Å². The number of non-ortho nitro benzene ring substituents is 1. The van der Waals surface area contributed by atoms with Crippen LogP contribution in [0, 0.1) is 21.4 Å². The lowest BCUT2D eigenvalue weighted by Gasteiger charge is -2.23. The van der Waals surface area contributed by atoms with Gasteiger partial charge >= 0.3 is 5.97 Å². The zero-order valence-corrected chi connectivity index (χ0v) is 13.4. The average molecular weight is 317 g/mol. The fraction of sp³-hybridized carbons (Fsp3) is 0.375. The van der Waals surface area contributed by atoms with Crippen LogP contribution in [0.5, 0.6) is 0 Å². The van der Waals surface area contributed by atoms with Crippen LogP contribution in [0.15, 0.2) is 23.8 Å². The first kappa shape index (κ1) is 18.2. The summed E-state index contributed by atoms with van der Waals surface area (Å²) in [5.41, 5.74) is 0.860. The van der Waals surface area contributed by atoms with Crippen LogP contribution in [-0.4, -0.2) is 30.6 Å². The maximum atomic E-state index is 11.8. The third-order valence-electron chi connectivity index (χ3n) is 3.24. The molecule has 23 heavy (non-hydrogen) atoms. The molecule has 1 aromatic carbocycles. The Morgan fingerprint density at radius 3 is 2.52 bits per heavy atom. The molecule has 7 heteroatoms. The molecule has 0 aliphatic rings. The van der Waals surface area contributed by atoms with Gasteiger partial charge in [0, 0.05) is 36.5 Å². The van der Waals surface area contributed by atoms with Crippen LogP contribution in [0.4, 0.5) is 11.4 Å². The van der Waals surface area contributed by atoms with Gasteiger partial charge in [-0.15, -0.1) is 0 Å². The van der Waals surface area contributed by atoms with E-state index in [-0.39, 0.29) is 17.9 Å². The molecule has 122 valence electrons. The molecule has 7 nitrogen and oxygen atoms in total. The van der Waals surface area contributed by atoms with Crippen LogP contribution < -0.4 is 4.90 Å². The largest absolute Gasteiger partial charge is 0.462 e. The molecule has 0 amide bonds. The van der Waals surface area contributed by atoms with Crippen molar-refractivity contribution in [3.8, 4) is 6.07 Å². The molecule has 0 heterocycles. The standard InChI is InChI=1S/C16H19N3O4/c1-4-18(5-2)15-8-7-14(19(21)22)10-12(15)9-13(11-17)16(20)23-6-3/h7-10H,4-6H2,1-3H3/b13-9+. The predicted molar refractivity (Wildman–Crippen MR) is 86.9 cm³/mol. The van der Waals surface area contributed by atoms with Crippen molar-refractivity contribution in [2.45, 2.75) is 20.8 Å². The number of nitriles is 1. The predicted octanol–water partition coefficient (Wildman–Crippen LogP) is 2.91. The molecule has 1 aromatic rings. The summed E-state index contributed by atoms with van der Waals surface area (Å²) in [6.07, 6.45) is 1.33. The summed E-state index contributed by atoms with van der Waals surface area (Å²) < 4.78 is 4.82. The summed E-state index contributed by atoms with van der Waals surface area (Å²) in [4.78, 5) is 24.2. The SMILES string of the molecule is CCOC(=O)/C(C#N)=C/c1cc([N+](=O)[O-])ccc1N(CC)CC. The highest BCUT2D eigenvalue weighted by atomic mass is 16.6. The molecule has 0 atom stereocenters. The monoisotopic (exact) mass is 317 g/mol. The van der Waals surface area contributed by atoms with Gasteiger partial charge in [-0.25, -0.2) is 4.79 Å². The maximum Gasteiger partial charge on any atom is 0.348 e. The summed E-state index contributed by atoms with van der Waals surface area (Å²) in [5, 5.41) is 20.1. The highest BCUT2D eigenvalue weighted by Crippen LogP contribution is 2.27. The quantitative estimate of drug-likeness (QED) is 0.252. The number of rotatable bonds is 7. The van der Waals surface area contributed by atoms with Crippen molar-refractivity contribution in [3.63, 3.8) is 0 Å². The van der Waals surface area contributed by atoms with E-state index < -0.39 is 10.9 Å². The second-order valence-corrected chi connectivity index (χ2v) is 4.56. The van der Waals surface area contributed by atoms with Crippen molar-refractivity contribution in [3.05, 3.63) is 39.4 Å². The van der Waals surface area contributed by atoms with Crippen molar-refractivity contribution in [1.29, 1.82) is 5.26 Å². The smallest absolute Gasteiger partial charge is 0.348 e. The Morgan fingerprint density at radius 2 is 2.04 bits per heavy atom. The van der Waals surface area contributed by atoms with Crippen molar-refractivity contribution < 1.29 is 14.5 Å². The summed E-state index contributed by atoms with van der Waals surface area (Å²) in [6, 6.07) is 6.16. The third kappa shape index (κ3) is 4.54. The van der Waals surface area contributed by atoms with Crippen LogP contribution >= 0.6 is 0 Å².